The number of unbranched alkanes of at least 4 members (excludes halogenated alkanes) is 1. The zero-order valence-corrected chi connectivity index (χ0v) is 9.69. The van der Waals surface area contributed by atoms with E-state index in [-0.39, 0.29) is 10.6 Å². The summed E-state index contributed by atoms with van der Waals surface area (Å²) in [6.07, 6.45) is 2.58. The second-order valence-electron chi connectivity index (χ2n) is 3.55. The van der Waals surface area contributed by atoms with Crippen LogP contribution in [0.4, 0.5) is 11.5 Å². The summed E-state index contributed by atoms with van der Waals surface area (Å²) < 4.78 is 0. The van der Waals surface area contributed by atoms with E-state index in [9.17, 15) is 10.1 Å². The highest BCUT2D eigenvalue weighted by Gasteiger charge is 2.14. The predicted molar refractivity (Wildman–Crippen MR) is 63.7 cm³/mol. The standard InChI is InChI=1S/C11H17N3O2/c1-3-5-6-9-10(14(15)16)7-8-11(13-9)12-4-2/h7-8H,3-6H2,1-2H3,(H,12,13). The van der Waals surface area contributed by atoms with Gasteiger partial charge in [-0.15, -0.1) is 0 Å². The molecule has 0 spiro atoms. The average Bonchev–Trinajstić information content (AvgIpc) is 2.26. The molecule has 1 heterocycles. The number of nitrogens with zero attached hydrogens (tertiary/aromatic N) is 2. The largest absolute Gasteiger partial charge is 0.370 e. The van der Waals surface area contributed by atoms with Gasteiger partial charge in [-0.1, -0.05) is 13.3 Å². The second-order valence-corrected chi connectivity index (χ2v) is 3.55. The molecule has 5 nitrogen and oxygen atoms in total. The van der Waals surface area contributed by atoms with Crippen molar-refractivity contribution < 1.29 is 4.92 Å². The molecule has 0 aromatic carbocycles. The van der Waals surface area contributed by atoms with E-state index in [4.69, 9.17) is 0 Å². The van der Waals surface area contributed by atoms with Crippen LogP contribution in [-0.2, 0) is 6.42 Å². The van der Waals surface area contributed by atoms with Crippen molar-refractivity contribution in [3.05, 3.63) is 27.9 Å². The van der Waals surface area contributed by atoms with Crippen LogP contribution < -0.4 is 5.32 Å². The van der Waals surface area contributed by atoms with Crippen LogP contribution >= 0.6 is 0 Å². The van der Waals surface area contributed by atoms with Crippen LogP contribution in [0.5, 0.6) is 0 Å². The van der Waals surface area contributed by atoms with Gasteiger partial charge in [0.2, 0.25) is 0 Å². The van der Waals surface area contributed by atoms with Crippen molar-refractivity contribution in [2.45, 2.75) is 33.1 Å². The Labute approximate surface area is 95.0 Å². The maximum Gasteiger partial charge on any atom is 0.290 e. The molecule has 1 N–H and O–H groups in total. The van der Waals surface area contributed by atoms with Crippen LogP contribution in [0.15, 0.2) is 12.1 Å². The van der Waals surface area contributed by atoms with Crippen molar-refractivity contribution in [2.75, 3.05) is 11.9 Å². The van der Waals surface area contributed by atoms with Crippen LogP contribution in [-0.4, -0.2) is 16.5 Å². The molecule has 0 bridgehead atoms. The summed E-state index contributed by atoms with van der Waals surface area (Å²) in [6.45, 7) is 4.78. The maximum absolute atomic E-state index is 10.8. The minimum atomic E-state index is -0.367. The molecule has 0 saturated heterocycles. The fourth-order valence-corrected chi connectivity index (χ4v) is 1.47. The van der Waals surface area contributed by atoms with E-state index < -0.39 is 0 Å². The first-order valence-corrected chi connectivity index (χ1v) is 5.57. The lowest BCUT2D eigenvalue weighted by molar-refractivity contribution is -0.385. The van der Waals surface area contributed by atoms with Gasteiger partial charge in [0.05, 0.1) is 4.92 Å². The third kappa shape index (κ3) is 3.18. The fourth-order valence-electron chi connectivity index (χ4n) is 1.47. The van der Waals surface area contributed by atoms with Crippen molar-refractivity contribution in [1.29, 1.82) is 0 Å². The van der Waals surface area contributed by atoms with E-state index in [1.54, 1.807) is 6.07 Å². The van der Waals surface area contributed by atoms with Gasteiger partial charge in [0.1, 0.15) is 11.5 Å². The highest BCUT2D eigenvalue weighted by Crippen LogP contribution is 2.20. The van der Waals surface area contributed by atoms with E-state index >= 15 is 0 Å². The van der Waals surface area contributed by atoms with Gasteiger partial charge in [0.15, 0.2) is 0 Å². The van der Waals surface area contributed by atoms with Crippen molar-refractivity contribution in [3.8, 4) is 0 Å². The van der Waals surface area contributed by atoms with Crippen molar-refractivity contribution in [1.82, 2.24) is 4.98 Å². The molecule has 1 aromatic heterocycles. The van der Waals surface area contributed by atoms with Gasteiger partial charge >= 0.3 is 0 Å². The summed E-state index contributed by atoms with van der Waals surface area (Å²) in [5, 5.41) is 13.9. The maximum atomic E-state index is 10.8. The first kappa shape index (κ1) is 12.4. The number of nitro groups is 1. The molecule has 0 radical (unpaired) electrons. The smallest absolute Gasteiger partial charge is 0.290 e. The van der Waals surface area contributed by atoms with Gasteiger partial charge in [0, 0.05) is 12.6 Å². The van der Waals surface area contributed by atoms with Gasteiger partial charge in [-0.3, -0.25) is 10.1 Å². The van der Waals surface area contributed by atoms with Gasteiger partial charge in [-0.2, -0.15) is 0 Å². The Hall–Kier alpha value is -1.65. The van der Waals surface area contributed by atoms with Crippen molar-refractivity contribution in [2.24, 2.45) is 0 Å². The number of hydrogen-bond donors (Lipinski definition) is 1. The van der Waals surface area contributed by atoms with Gasteiger partial charge in [0.25, 0.3) is 5.69 Å². The van der Waals surface area contributed by atoms with Gasteiger partial charge in [-0.05, 0) is 25.8 Å². The molecule has 5 heteroatoms. The lowest BCUT2D eigenvalue weighted by atomic mass is 10.1. The molecule has 0 fully saturated rings. The van der Waals surface area contributed by atoms with E-state index in [1.807, 2.05) is 6.92 Å². The lowest BCUT2D eigenvalue weighted by Gasteiger charge is -2.05. The number of pyridine rings is 1. The zero-order valence-electron chi connectivity index (χ0n) is 9.69. The highest BCUT2D eigenvalue weighted by atomic mass is 16.6. The number of aryl methyl sites for hydroxylation is 1. The Bertz CT molecular complexity index is 366. The van der Waals surface area contributed by atoms with E-state index in [0.717, 1.165) is 19.4 Å². The Morgan fingerprint density at radius 2 is 2.19 bits per heavy atom. The lowest BCUT2D eigenvalue weighted by Crippen LogP contribution is -2.04. The summed E-state index contributed by atoms with van der Waals surface area (Å²) in [6, 6.07) is 3.17. The third-order valence-corrected chi connectivity index (χ3v) is 2.27. The molecule has 0 aliphatic carbocycles. The Kier molecular flexibility index (Phi) is 4.69. The molecule has 0 aliphatic rings. The minimum absolute atomic E-state index is 0.120. The Morgan fingerprint density at radius 1 is 1.44 bits per heavy atom. The second kappa shape index (κ2) is 6.05. The normalized spacial score (nSPS) is 10.1. The third-order valence-electron chi connectivity index (χ3n) is 2.27. The Balaban J connectivity index is 2.95. The molecule has 1 aromatic rings. The van der Waals surface area contributed by atoms with Gasteiger partial charge in [-0.25, -0.2) is 4.98 Å². The average molecular weight is 223 g/mol. The quantitative estimate of drug-likeness (QED) is 0.594. The molecular weight excluding hydrogens is 206 g/mol. The molecule has 0 amide bonds. The van der Waals surface area contributed by atoms with Crippen LogP contribution in [0.2, 0.25) is 0 Å². The summed E-state index contributed by atoms with van der Waals surface area (Å²) in [4.78, 5) is 14.7. The monoisotopic (exact) mass is 223 g/mol. The summed E-state index contributed by atoms with van der Waals surface area (Å²) in [7, 11) is 0. The van der Waals surface area contributed by atoms with E-state index in [1.165, 1.54) is 6.07 Å². The number of hydrogen-bond acceptors (Lipinski definition) is 4. The highest BCUT2D eigenvalue weighted by molar-refractivity contribution is 5.45. The molecular formula is C11H17N3O2. The summed E-state index contributed by atoms with van der Waals surface area (Å²) >= 11 is 0. The van der Waals surface area contributed by atoms with Crippen LogP contribution in [0, 0.1) is 10.1 Å². The number of nitrogens with one attached hydrogen (secondary N) is 1. The zero-order chi connectivity index (χ0) is 12.0. The number of aromatic nitrogens is 1. The fraction of sp³-hybridized carbons (Fsp3) is 0.545. The number of rotatable bonds is 6. The first-order chi connectivity index (χ1) is 7.69. The van der Waals surface area contributed by atoms with Crippen molar-refractivity contribution in [3.63, 3.8) is 0 Å². The van der Waals surface area contributed by atoms with Gasteiger partial charge < -0.3 is 5.32 Å². The number of anilines is 1. The SMILES string of the molecule is CCCCc1nc(NCC)ccc1[N+](=O)[O-]. The molecule has 1 rings (SSSR count). The van der Waals surface area contributed by atoms with E-state index in [0.29, 0.717) is 17.9 Å². The molecule has 0 unspecified atom stereocenters. The molecule has 88 valence electrons. The van der Waals surface area contributed by atoms with Crippen molar-refractivity contribution >= 4 is 11.5 Å². The molecule has 0 saturated carbocycles. The summed E-state index contributed by atoms with van der Waals surface area (Å²) in [5.74, 6) is 0.708. The first-order valence-electron chi connectivity index (χ1n) is 5.57. The summed E-state index contributed by atoms with van der Waals surface area (Å²) in [5.41, 5.74) is 0.695. The predicted octanol–water partition coefficient (Wildman–Crippen LogP) is 2.76. The topological polar surface area (TPSA) is 68.1 Å². The van der Waals surface area contributed by atoms with Crippen LogP contribution in [0.3, 0.4) is 0 Å². The molecule has 0 atom stereocenters. The van der Waals surface area contributed by atoms with Crippen LogP contribution in [0.25, 0.3) is 0 Å². The van der Waals surface area contributed by atoms with E-state index in [2.05, 4.69) is 17.2 Å². The van der Waals surface area contributed by atoms with Crippen LogP contribution in [0.1, 0.15) is 32.4 Å². The Morgan fingerprint density at radius 3 is 2.75 bits per heavy atom. The molecule has 16 heavy (non-hydrogen) atoms. The minimum Gasteiger partial charge on any atom is -0.370 e. The molecule has 0 aliphatic heterocycles.